The number of amides is 1. The first-order valence-electron chi connectivity index (χ1n) is 8.34. The molecule has 0 saturated carbocycles. The maximum Gasteiger partial charge on any atom is 0.307 e. The molecule has 1 aromatic heterocycles. The van der Waals surface area contributed by atoms with Crippen molar-refractivity contribution in [1.82, 2.24) is 4.98 Å². The molecule has 1 amide bonds. The number of benzene rings is 2. The number of fused-ring (bicyclic) bond motifs is 2. The van der Waals surface area contributed by atoms with Crippen LogP contribution in [0, 0.1) is 11.6 Å². The number of carbonyl (C=O) groups is 2. The van der Waals surface area contributed by atoms with E-state index in [1.165, 1.54) is 59.4 Å². The molecule has 0 bridgehead atoms. The van der Waals surface area contributed by atoms with E-state index in [4.69, 9.17) is 0 Å². The summed E-state index contributed by atoms with van der Waals surface area (Å²) in [5.41, 5.74) is 0.936. The Kier molecular flexibility index (Phi) is 5.03. The lowest BCUT2D eigenvalue weighted by molar-refractivity contribution is -0.141. The normalized spacial score (nSPS) is 16.3. The minimum atomic E-state index is -0.669. The average molecular weight is 420 g/mol. The van der Waals surface area contributed by atoms with Crippen molar-refractivity contribution in [3.05, 3.63) is 53.0 Å². The van der Waals surface area contributed by atoms with E-state index in [0.717, 1.165) is 4.70 Å². The minimum Gasteiger partial charge on any atom is -0.469 e. The number of anilines is 1. The standard InChI is InChI=1S/C19H14F2N2O3S2/c1-26-18(24)8-16-19(25)23(13-7-11(21)3-5-15(13)27-16)9-17-22-12-6-10(20)2-4-14(12)28-17/h2-7,16H,8-9H2,1H3. The molecule has 3 aromatic rings. The zero-order valence-corrected chi connectivity index (χ0v) is 16.3. The Bertz CT molecular complexity index is 1090. The van der Waals surface area contributed by atoms with Crippen molar-refractivity contribution in [1.29, 1.82) is 0 Å². The van der Waals surface area contributed by atoms with Crippen LogP contribution in [0.1, 0.15) is 11.4 Å². The van der Waals surface area contributed by atoms with E-state index in [2.05, 4.69) is 9.72 Å². The summed E-state index contributed by atoms with van der Waals surface area (Å²) >= 11 is 2.55. The number of carbonyl (C=O) groups excluding carboxylic acids is 2. The fourth-order valence-corrected chi connectivity index (χ4v) is 5.10. The number of hydrogen-bond donors (Lipinski definition) is 0. The molecule has 0 aliphatic carbocycles. The van der Waals surface area contributed by atoms with Crippen LogP contribution in [0.5, 0.6) is 0 Å². The molecule has 4 rings (SSSR count). The first-order chi connectivity index (χ1) is 13.4. The van der Waals surface area contributed by atoms with Crippen LogP contribution in [0.3, 0.4) is 0 Å². The van der Waals surface area contributed by atoms with Gasteiger partial charge in [-0.1, -0.05) is 0 Å². The Balaban J connectivity index is 1.70. The topological polar surface area (TPSA) is 59.5 Å². The number of halogens is 2. The highest BCUT2D eigenvalue weighted by Gasteiger charge is 2.36. The first-order valence-corrected chi connectivity index (χ1v) is 10.0. The molecule has 2 heterocycles. The number of aromatic nitrogens is 1. The Morgan fingerprint density at radius 3 is 2.75 bits per heavy atom. The molecule has 0 radical (unpaired) electrons. The lowest BCUT2D eigenvalue weighted by Gasteiger charge is -2.32. The van der Waals surface area contributed by atoms with Crippen LogP contribution < -0.4 is 4.90 Å². The molecule has 0 spiro atoms. The van der Waals surface area contributed by atoms with Crippen molar-refractivity contribution in [3.8, 4) is 0 Å². The number of ether oxygens (including phenoxy) is 1. The van der Waals surface area contributed by atoms with Gasteiger partial charge in [0.1, 0.15) is 16.6 Å². The van der Waals surface area contributed by atoms with Gasteiger partial charge in [0.25, 0.3) is 0 Å². The van der Waals surface area contributed by atoms with Gasteiger partial charge >= 0.3 is 5.97 Å². The van der Waals surface area contributed by atoms with E-state index < -0.39 is 17.0 Å². The molecule has 28 heavy (non-hydrogen) atoms. The second-order valence-corrected chi connectivity index (χ2v) is 8.50. The zero-order chi connectivity index (χ0) is 19.8. The van der Waals surface area contributed by atoms with Crippen LogP contribution in [0.15, 0.2) is 41.3 Å². The first kappa shape index (κ1) is 18.8. The Morgan fingerprint density at radius 2 is 1.96 bits per heavy atom. The van der Waals surface area contributed by atoms with Gasteiger partial charge in [0, 0.05) is 11.0 Å². The van der Waals surface area contributed by atoms with Crippen LogP contribution in [0.2, 0.25) is 0 Å². The fraction of sp³-hybridized carbons (Fsp3) is 0.211. The highest BCUT2D eigenvalue weighted by atomic mass is 32.2. The Labute approximate surface area is 167 Å². The molecule has 144 valence electrons. The number of hydrogen-bond acceptors (Lipinski definition) is 6. The monoisotopic (exact) mass is 420 g/mol. The number of esters is 1. The average Bonchev–Trinajstić information content (AvgIpc) is 3.07. The van der Waals surface area contributed by atoms with Gasteiger partial charge < -0.3 is 9.64 Å². The van der Waals surface area contributed by atoms with E-state index in [1.807, 2.05) is 0 Å². The van der Waals surface area contributed by atoms with Gasteiger partial charge in [-0.05, 0) is 30.3 Å². The van der Waals surface area contributed by atoms with Gasteiger partial charge in [-0.25, -0.2) is 13.8 Å². The van der Waals surface area contributed by atoms with Crippen molar-refractivity contribution in [3.63, 3.8) is 0 Å². The number of rotatable bonds is 4. The molecule has 1 atom stereocenters. The Morgan fingerprint density at radius 1 is 1.21 bits per heavy atom. The van der Waals surface area contributed by atoms with Crippen molar-refractivity contribution in [2.45, 2.75) is 23.1 Å². The summed E-state index contributed by atoms with van der Waals surface area (Å²) < 4.78 is 32.7. The highest BCUT2D eigenvalue weighted by Crippen LogP contribution is 2.42. The van der Waals surface area contributed by atoms with Gasteiger partial charge in [-0.15, -0.1) is 23.1 Å². The molecule has 1 aliphatic rings. The second-order valence-electron chi connectivity index (χ2n) is 6.14. The fourth-order valence-electron chi connectivity index (χ4n) is 2.98. The summed E-state index contributed by atoms with van der Waals surface area (Å²) in [6.07, 6.45) is -0.0849. The summed E-state index contributed by atoms with van der Waals surface area (Å²) in [6.45, 7) is 0.106. The van der Waals surface area contributed by atoms with Gasteiger partial charge in [-0.3, -0.25) is 9.59 Å². The molecule has 0 fully saturated rings. The lowest BCUT2D eigenvalue weighted by atomic mass is 10.2. The van der Waals surface area contributed by atoms with Crippen molar-refractivity contribution in [2.75, 3.05) is 12.0 Å². The van der Waals surface area contributed by atoms with Crippen LogP contribution >= 0.6 is 23.1 Å². The van der Waals surface area contributed by atoms with E-state index >= 15 is 0 Å². The Hall–Kier alpha value is -2.52. The summed E-state index contributed by atoms with van der Waals surface area (Å²) in [5.74, 6) is -1.67. The zero-order valence-electron chi connectivity index (χ0n) is 14.6. The van der Waals surface area contributed by atoms with Gasteiger partial charge in [-0.2, -0.15) is 0 Å². The van der Waals surface area contributed by atoms with E-state index in [9.17, 15) is 18.4 Å². The molecular weight excluding hydrogens is 406 g/mol. The molecule has 2 aromatic carbocycles. The van der Waals surface area contributed by atoms with Crippen LogP contribution in [0.4, 0.5) is 14.5 Å². The number of methoxy groups -OCH3 is 1. The molecule has 5 nitrogen and oxygen atoms in total. The summed E-state index contributed by atoms with van der Waals surface area (Å²) in [4.78, 5) is 31.2. The SMILES string of the molecule is COC(=O)CC1Sc2ccc(F)cc2N(Cc2nc3cc(F)ccc3s2)C1=O. The number of nitrogens with zero attached hydrogens (tertiary/aromatic N) is 2. The van der Waals surface area contributed by atoms with Gasteiger partial charge in [0.15, 0.2) is 0 Å². The maximum absolute atomic E-state index is 13.8. The second kappa shape index (κ2) is 7.48. The largest absolute Gasteiger partial charge is 0.469 e. The van der Waals surface area contributed by atoms with Crippen LogP contribution in [0.25, 0.3) is 10.2 Å². The van der Waals surface area contributed by atoms with E-state index in [1.54, 1.807) is 12.1 Å². The van der Waals surface area contributed by atoms with Crippen LogP contribution in [-0.2, 0) is 20.9 Å². The van der Waals surface area contributed by atoms with Gasteiger partial charge in [0.05, 0.1) is 41.2 Å². The third-order valence-electron chi connectivity index (χ3n) is 4.29. The molecule has 0 N–H and O–H groups in total. The van der Waals surface area contributed by atoms with Crippen molar-refractivity contribution in [2.24, 2.45) is 0 Å². The summed E-state index contributed by atoms with van der Waals surface area (Å²) in [7, 11) is 1.27. The number of thiazole rings is 1. The third kappa shape index (κ3) is 3.59. The molecular formula is C19H14F2N2O3S2. The van der Waals surface area contributed by atoms with Crippen molar-refractivity contribution >= 4 is 50.9 Å². The molecule has 1 aliphatic heterocycles. The minimum absolute atomic E-state index is 0.0849. The molecule has 1 unspecified atom stereocenters. The predicted octanol–water partition coefficient (Wildman–Crippen LogP) is 4.15. The predicted molar refractivity (Wildman–Crippen MR) is 103 cm³/mol. The van der Waals surface area contributed by atoms with E-state index in [0.29, 0.717) is 21.1 Å². The molecule has 9 heteroatoms. The highest BCUT2D eigenvalue weighted by molar-refractivity contribution is 8.01. The smallest absolute Gasteiger partial charge is 0.307 e. The van der Waals surface area contributed by atoms with Crippen molar-refractivity contribution < 1.29 is 23.1 Å². The van der Waals surface area contributed by atoms with E-state index in [-0.39, 0.29) is 24.7 Å². The summed E-state index contributed by atoms with van der Waals surface area (Å²) in [6, 6.07) is 8.51. The van der Waals surface area contributed by atoms with Crippen LogP contribution in [-0.4, -0.2) is 29.2 Å². The molecule has 0 saturated heterocycles. The summed E-state index contributed by atoms with van der Waals surface area (Å²) in [5, 5.41) is -0.0786. The lowest BCUT2D eigenvalue weighted by Crippen LogP contribution is -2.41. The maximum atomic E-state index is 13.8. The van der Waals surface area contributed by atoms with Gasteiger partial charge in [0.2, 0.25) is 5.91 Å². The number of thioether (sulfide) groups is 1. The quantitative estimate of drug-likeness (QED) is 0.594. The third-order valence-corrected chi connectivity index (χ3v) is 6.56.